The van der Waals surface area contributed by atoms with Crippen molar-refractivity contribution in [3.63, 3.8) is 0 Å². The molecule has 1 heterocycles. The second-order valence-electron chi connectivity index (χ2n) is 3.77. The number of hydrogen-bond acceptors (Lipinski definition) is 2. The molecule has 0 saturated heterocycles. The number of carbonyl (C=O) groups is 1. The first-order chi connectivity index (χ1) is 7.11. The third-order valence-corrected chi connectivity index (χ3v) is 2.36. The molecule has 0 aromatic heterocycles. The maximum Gasteiger partial charge on any atom is 0.256 e. The quantitative estimate of drug-likeness (QED) is 0.651. The van der Waals surface area contributed by atoms with Crippen LogP contribution in [0.25, 0.3) is 0 Å². The molecule has 82 valence electrons. The highest BCUT2D eigenvalue weighted by molar-refractivity contribution is 6.00. The molecule has 0 saturated carbocycles. The van der Waals surface area contributed by atoms with Gasteiger partial charge in [0.2, 0.25) is 0 Å². The van der Waals surface area contributed by atoms with Gasteiger partial charge in [-0.2, -0.15) is 0 Å². The predicted octanol–water partition coefficient (Wildman–Crippen LogP) is 2.16. The van der Waals surface area contributed by atoms with Crippen molar-refractivity contribution in [2.45, 2.75) is 33.7 Å². The van der Waals surface area contributed by atoms with E-state index in [9.17, 15) is 4.79 Å². The molecular weight excluding hydrogens is 188 g/mol. The van der Waals surface area contributed by atoms with Crippen LogP contribution in [0.3, 0.4) is 0 Å². The average Bonchev–Trinajstić information content (AvgIpc) is 2.47. The van der Waals surface area contributed by atoms with Crippen molar-refractivity contribution in [3.8, 4) is 0 Å². The van der Waals surface area contributed by atoms with E-state index in [-0.39, 0.29) is 11.9 Å². The second kappa shape index (κ2) is 4.91. The van der Waals surface area contributed by atoms with E-state index in [2.05, 4.69) is 4.99 Å². The number of hydrogen-bond donors (Lipinski definition) is 0. The number of amides is 1. The molecule has 0 radical (unpaired) electrons. The molecule has 0 spiro atoms. The summed E-state index contributed by atoms with van der Waals surface area (Å²) in [6.45, 7) is 8.43. The summed E-state index contributed by atoms with van der Waals surface area (Å²) < 4.78 is 0. The highest BCUT2D eigenvalue weighted by atomic mass is 16.2. The lowest BCUT2D eigenvalue weighted by atomic mass is 10.2. The first-order valence-electron chi connectivity index (χ1n) is 5.27. The molecule has 15 heavy (non-hydrogen) atoms. The maximum absolute atomic E-state index is 12.0. The third kappa shape index (κ3) is 2.35. The van der Waals surface area contributed by atoms with Crippen LogP contribution in [0.2, 0.25) is 0 Å². The third-order valence-electron chi connectivity index (χ3n) is 2.36. The summed E-state index contributed by atoms with van der Waals surface area (Å²) in [4.78, 5) is 18.0. The Bertz CT molecular complexity index is 338. The number of rotatable bonds is 3. The summed E-state index contributed by atoms with van der Waals surface area (Å²) in [5.41, 5.74) is 1.60. The Balaban J connectivity index is 3.02. The van der Waals surface area contributed by atoms with Crippen molar-refractivity contribution in [1.82, 2.24) is 4.90 Å². The number of allylic oxidation sites excluding steroid dienone is 1. The fraction of sp³-hybridized carbons (Fsp3) is 0.500. The zero-order valence-corrected chi connectivity index (χ0v) is 9.82. The predicted molar refractivity (Wildman–Crippen MR) is 62.9 cm³/mol. The molecule has 0 N–H and O–H groups in total. The van der Waals surface area contributed by atoms with Gasteiger partial charge in [0.15, 0.2) is 0 Å². The standard InChI is InChI=1S/C12H18N2O/c1-5-7-10-11(13-6-2)8-14(9(3)4)12(10)15/h5-7,9H,8H2,1-4H3/b7-5-,13-6?. The summed E-state index contributed by atoms with van der Waals surface area (Å²) in [6, 6.07) is 0.224. The van der Waals surface area contributed by atoms with Crippen LogP contribution < -0.4 is 0 Å². The van der Waals surface area contributed by atoms with E-state index in [1.54, 1.807) is 6.21 Å². The second-order valence-corrected chi connectivity index (χ2v) is 3.77. The summed E-state index contributed by atoms with van der Waals surface area (Å²) >= 11 is 0. The van der Waals surface area contributed by atoms with Gasteiger partial charge >= 0.3 is 0 Å². The molecule has 0 atom stereocenters. The van der Waals surface area contributed by atoms with Crippen LogP contribution in [0.5, 0.6) is 0 Å². The summed E-state index contributed by atoms with van der Waals surface area (Å²) in [7, 11) is 0. The fourth-order valence-electron chi connectivity index (χ4n) is 1.61. The zero-order chi connectivity index (χ0) is 11.4. The molecule has 0 aromatic rings. The van der Waals surface area contributed by atoms with Gasteiger partial charge in [-0.1, -0.05) is 12.2 Å². The Hall–Kier alpha value is -1.38. The van der Waals surface area contributed by atoms with Crippen molar-refractivity contribution >= 4 is 12.1 Å². The van der Waals surface area contributed by atoms with Gasteiger partial charge in [-0.05, 0) is 27.7 Å². The monoisotopic (exact) mass is 206 g/mol. The molecular formula is C12H18N2O. The Morgan fingerprint density at radius 3 is 2.53 bits per heavy atom. The molecule has 0 aliphatic carbocycles. The lowest BCUT2D eigenvalue weighted by molar-refractivity contribution is -0.126. The van der Waals surface area contributed by atoms with Gasteiger partial charge in [0.25, 0.3) is 5.91 Å². The van der Waals surface area contributed by atoms with Gasteiger partial charge in [-0.25, -0.2) is 0 Å². The van der Waals surface area contributed by atoms with Crippen molar-refractivity contribution in [2.24, 2.45) is 4.99 Å². The first kappa shape index (κ1) is 11.7. The van der Waals surface area contributed by atoms with Crippen molar-refractivity contribution < 1.29 is 4.79 Å². The van der Waals surface area contributed by atoms with Gasteiger partial charge < -0.3 is 4.90 Å². The van der Waals surface area contributed by atoms with E-state index in [0.29, 0.717) is 6.54 Å². The maximum atomic E-state index is 12.0. The minimum atomic E-state index is 0.0868. The summed E-state index contributed by atoms with van der Waals surface area (Å²) in [5.74, 6) is 0.0868. The number of carbonyl (C=O) groups excluding carboxylic acids is 1. The van der Waals surface area contributed by atoms with Crippen LogP contribution in [-0.4, -0.2) is 29.6 Å². The Kier molecular flexibility index (Phi) is 3.83. The minimum absolute atomic E-state index is 0.0868. The van der Waals surface area contributed by atoms with Gasteiger partial charge in [0, 0.05) is 12.3 Å². The lowest BCUT2D eigenvalue weighted by Crippen LogP contribution is -2.33. The van der Waals surface area contributed by atoms with Crippen LogP contribution >= 0.6 is 0 Å². The van der Waals surface area contributed by atoms with Gasteiger partial charge in [-0.15, -0.1) is 0 Å². The molecule has 1 amide bonds. The summed E-state index contributed by atoms with van der Waals surface area (Å²) in [6.07, 6.45) is 5.45. The molecule has 0 fully saturated rings. The van der Waals surface area contributed by atoms with Crippen molar-refractivity contribution in [2.75, 3.05) is 6.54 Å². The topological polar surface area (TPSA) is 32.7 Å². The lowest BCUT2D eigenvalue weighted by Gasteiger charge is -2.20. The summed E-state index contributed by atoms with van der Waals surface area (Å²) in [5, 5.41) is 0. The van der Waals surface area contributed by atoms with Gasteiger partial charge in [-0.3, -0.25) is 9.79 Å². The molecule has 1 aliphatic heterocycles. The Morgan fingerprint density at radius 2 is 2.07 bits per heavy atom. The van der Waals surface area contributed by atoms with E-state index < -0.39 is 0 Å². The normalized spacial score (nSPS) is 18.2. The minimum Gasteiger partial charge on any atom is -0.330 e. The molecule has 3 nitrogen and oxygen atoms in total. The van der Waals surface area contributed by atoms with E-state index in [4.69, 9.17) is 0 Å². The van der Waals surface area contributed by atoms with Crippen LogP contribution in [0.1, 0.15) is 27.7 Å². The average molecular weight is 206 g/mol. The molecule has 3 heteroatoms. The van der Waals surface area contributed by atoms with Crippen molar-refractivity contribution in [1.29, 1.82) is 0 Å². The highest BCUT2D eigenvalue weighted by Crippen LogP contribution is 2.22. The molecule has 1 rings (SSSR count). The molecule has 0 aromatic carbocycles. The molecule has 0 unspecified atom stereocenters. The van der Waals surface area contributed by atoms with E-state index >= 15 is 0 Å². The fourth-order valence-corrected chi connectivity index (χ4v) is 1.61. The van der Waals surface area contributed by atoms with E-state index in [1.807, 2.05) is 44.7 Å². The van der Waals surface area contributed by atoms with E-state index in [1.165, 1.54) is 0 Å². The van der Waals surface area contributed by atoms with Crippen LogP contribution in [0.4, 0.5) is 0 Å². The van der Waals surface area contributed by atoms with Gasteiger partial charge in [0.1, 0.15) is 0 Å². The van der Waals surface area contributed by atoms with Gasteiger partial charge in [0.05, 0.1) is 17.8 Å². The highest BCUT2D eigenvalue weighted by Gasteiger charge is 2.29. The Morgan fingerprint density at radius 1 is 1.40 bits per heavy atom. The van der Waals surface area contributed by atoms with Crippen LogP contribution in [-0.2, 0) is 4.79 Å². The molecule has 0 bridgehead atoms. The van der Waals surface area contributed by atoms with E-state index in [0.717, 1.165) is 11.3 Å². The molecule has 1 aliphatic rings. The van der Waals surface area contributed by atoms with Crippen LogP contribution in [0.15, 0.2) is 28.4 Å². The first-order valence-corrected chi connectivity index (χ1v) is 5.27. The largest absolute Gasteiger partial charge is 0.330 e. The number of nitrogens with zero attached hydrogens (tertiary/aromatic N) is 2. The van der Waals surface area contributed by atoms with Crippen molar-refractivity contribution in [3.05, 3.63) is 23.4 Å². The van der Waals surface area contributed by atoms with Crippen LogP contribution in [0, 0.1) is 0 Å². The smallest absolute Gasteiger partial charge is 0.256 e. The number of aliphatic imine (C=N–C) groups is 1. The SMILES string of the molecule is CC=NC1=C(/C=C\C)C(=O)N(C(C)C)C1. The Labute approximate surface area is 91.2 Å². The zero-order valence-electron chi connectivity index (χ0n) is 9.82.